The fourth-order valence-corrected chi connectivity index (χ4v) is 4.32. The smallest absolute Gasteiger partial charge is 0.222 e. The Bertz CT molecular complexity index is 843. The van der Waals surface area contributed by atoms with Gasteiger partial charge in [-0.2, -0.15) is 0 Å². The molecule has 0 bridgehead atoms. The van der Waals surface area contributed by atoms with Crippen LogP contribution in [0.3, 0.4) is 0 Å². The summed E-state index contributed by atoms with van der Waals surface area (Å²) in [6, 6.07) is 14.7. The number of carbonyl (C=O) groups excluding carboxylic acids is 1. The van der Waals surface area contributed by atoms with Gasteiger partial charge in [0.25, 0.3) is 0 Å². The molecule has 2 atom stereocenters. The van der Waals surface area contributed by atoms with Crippen LogP contribution in [0.5, 0.6) is 5.75 Å². The van der Waals surface area contributed by atoms with Crippen molar-refractivity contribution < 1.29 is 18.7 Å². The van der Waals surface area contributed by atoms with Crippen LogP contribution in [0.1, 0.15) is 36.5 Å². The summed E-state index contributed by atoms with van der Waals surface area (Å²) in [5.41, 5.74) is 2.55. The standard InChI is InChI=1S/C24H29FN2O3/c25-19-5-8-21(9-6-19)29-16-14-26-13-11-20-7-10-24(28)27(20)17-23-22-4-2-1-3-18(22)12-15-30-23/h1-6,8-9,20,23,26H,7,10-17H2. The largest absolute Gasteiger partial charge is 0.492 e. The number of benzene rings is 2. The molecule has 2 aromatic rings. The van der Waals surface area contributed by atoms with E-state index in [1.54, 1.807) is 12.1 Å². The topological polar surface area (TPSA) is 50.8 Å². The average Bonchev–Trinajstić information content (AvgIpc) is 3.11. The number of nitrogens with one attached hydrogen (secondary N) is 1. The van der Waals surface area contributed by atoms with Crippen LogP contribution in [0.25, 0.3) is 0 Å². The molecule has 2 heterocycles. The summed E-state index contributed by atoms with van der Waals surface area (Å²) >= 11 is 0. The maximum Gasteiger partial charge on any atom is 0.222 e. The van der Waals surface area contributed by atoms with Gasteiger partial charge >= 0.3 is 0 Å². The van der Waals surface area contributed by atoms with Crippen LogP contribution in [0.15, 0.2) is 48.5 Å². The average molecular weight is 413 g/mol. The molecule has 6 heteroatoms. The van der Waals surface area contributed by atoms with Crippen LogP contribution >= 0.6 is 0 Å². The minimum absolute atomic E-state index is 0.0310. The van der Waals surface area contributed by atoms with Gasteiger partial charge in [-0.3, -0.25) is 4.79 Å². The normalized spacial score (nSPS) is 21.0. The van der Waals surface area contributed by atoms with Gasteiger partial charge in [0.05, 0.1) is 13.2 Å². The van der Waals surface area contributed by atoms with E-state index >= 15 is 0 Å². The van der Waals surface area contributed by atoms with E-state index in [0.717, 1.165) is 25.8 Å². The number of likely N-dealkylation sites (tertiary alicyclic amines) is 1. The van der Waals surface area contributed by atoms with Gasteiger partial charge in [0.15, 0.2) is 0 Å². The van der Waals surface area contributed by atoms with Crippen molar-refractivity contribution in [2.45, 2.75) is 37.8 Å². The number of nitrogens with zero attached hydrogens (tertiary/aromatic N) is 1. The summed E-state index contributed by atoms with van der Waals surface area (Å²) in [5.74, 6) is 0.628. The summed E-state index contributed by atoms with van der Waals surface area (Å²) in [4.78, 5) is 14.5. The Hall–Kier alpha value is -2.44. The van der Waals surface area contributed by atoms with Crippen molar-refractivity contribution in [2.24, 2.45) is 0 Å². The minimum Gasteiger partial charge on any atom is -0.492 e. The molecule has 0 aromatic heterocycles. The Balaban J connectivity index is 1.21. The lowest BCUT2D eigenvalue weighted by atomic mass is 9.97. The number of amides is 1. The van der Waals surface area contributed by atoms with Crippen molar-refractivity contribution in [3.63, 3.8) is 0 Å². The molecule has 0 spiro atoms. The summed E-state index contributed by atoms with van der Waals surface area (Å²) in [5, 5.41) is 3.38. The second-order valence-electron chi connectivity index (χ2n) is 7.89. The lowest BCUT2D eigenvalue weighted by Gasteiger charge is -2.32. The maximum atomic E-state index is 12.9. The fourth-order valence-electron chi connectivity index (χ4n) is 4.32. The quantitative estimate of drug-likeness (QED) is 0.641. The van der Waals surface area contributed by atoms with Crippen LogP contribution in [0, 0.1) is 5.82 Å². The van der Waals surface area contributed by atoms with Gasteiger partial charge in [0, 0.05) is 19.0 Å². The van der Waals surface area contributed by atoms with Gasteiger partial charge in [-0.15, -0.1) is 0 Å². The monoisotopic (exact) mass is 412 g/mol. The van der Waals surface area contributed by atoms with Crippen molar-refractivity contribution in [2.75, 3.05) is 32.8 Å². The molecule has 2 aromatic carbocycles. The first-order valence-corrected chi connectivity index (χ1v) is 10.8. The third kappa shape index (κ3) is 5.18. The Morgan fingerprint density at radius 2 is 1.93 bits per heavy atom. The van der Waals surface area contributed by atoms with Crippen molar-refractivity contribution in [1.82, 2.24) is 10.2 Å². The zero-order chi connectivity index (χ0) is 20.8. The summed E-state index contributed by atoms with van der Waals surface area (Å²) < 4.78 is 24.5. The van der Waals surface area contributed by atoms with Gasteiger partial charge < -0.3 is 19.7 Å². The molecule has 0 saturated carbocycles. The van der Waals surface area contributed by atoms with E-state index in [0.29, 0.717) is 38.5 Å². The summed E-state index contributed by atoms with van der Waals surface area (Å²) in [6.07, 6.45) is 3.34. The number of fused-ring (bicyclic) bond motifs is 1. The second-order valence-corrected chi connectivity index (χ2v) is 7.89. The molecular formula is C24H29FN2O3. The van der Waals surface area contributed by atoms with Crippen molar-refractivity contribution in [1.29, 1.82) is 0 Å². The minimum atomic E-state index is -0.266. The van der Waals surface area contributed by atoms with Crippen LogP contribution in [-0.4, -0.2) is 49.7 Å². The molecule has 2 aliphatic rings. The number of carbonyl (C=O) groups is 1. The number of halogens is 1. The highest BCUT2D eigenvalue weighted by atomic mass is 19.1. The number of rotatable bonds is 9. The van der Waals surface area contributed by atoms with E-state index in [-0.39, 0.29) is 23.9 Å². The van der Waals surface area contributed by atoms with Gasteiger partial charge in [-0.05, 0) is 61.2 Å². The number of hydrogen-bond acceptors (Lipinski definition) is 4. The zero-order valence-electron chi connectivity index (χ0n) is 17.2. The number of hydrogen-bond donors (Lipinski definition) is 1. The highest BCUT2D eigenvalue weighted by Gasteiger charge is 2.34. The molecule has 1 fully saturated rings. The molecular weight excluding hydrogens is 383 g/mol. The molecule has 4 rings (SSSR count). The van der Waals surface area contributed by atoms with Crippen molar-refractivity contribution >= 4 is 5.91 Å². The molecule has 160 valence electrons. The molecule has 0 aliphatic carbocycles. The van der Waals surface area contributed by atoms with E-state index in [1.807, 2.05) is 11.0 Å². The molecule has 30 heavy (non-hydrogen) atoms. The molecule has 2 aliphatic heterocycles. The van der Waals surface area contributed by atoms with Crippen LogP contribution in [0.4, 0.5) is 4.39 Å². The fraction of sp³-hybridized carbons (Fsp3) is 0.458. The van der Waals surface area contributed by atoms with Gasteiger partial charge in [-0.25, -0.2) is 4.39 Å². The Morgan fingerprint density at radius 3 is 2.80 bits per heavy atom. The third-order valence-corrected chi connectivity index (χ3v) is 5.92. The van der Waals surface area contributed by atoms with Gasteiger partial charge in [0.1, 0.15) is 24.3 Å². The van der Waals surface area contributed by atoms with E-state index in [1.165, 1.54) is 23.3 Å². The first-order valence-electron chi connectivity index (χ1n) is 10.8. The lowest BCUT2D eigenvalue weighted by Crippen LogP contribution is -2.39. The summed E-state index contributed by atoms with van der Waals surface area (Å²) in [6.45, 7) is 3.39. The molecule has 1 amide bonds. The highest BCUT2D eigenvalue weighted by molar-refractivity contribution is 5.78. The maximum absolute atomic E-state index is 12.9. The van der Waals surface area contributed by atoms with E-state index in [4.69, 9.17) is 9.47 Å². The first-order chi connectivity index (χ1) is 14.7. The predicted molar refractivity (Wildman–Crippen MR) is 113 cm³/mol. The van der Waals surface area contributed by atoms with E-state index in [9.17, 15) is 9.18 Å². The molecule has 1 N–H and O–H groups in total. The van der Waals surface area contributed by atoms with E-state index in [2.05, 4.69) is 23.5 Å². The van der Waals surface area contributed by atoms with Crippen LogP contribution < -0.4 is 10.1 Å². The Labute approximate surface area is 177 Å². The second kappa shape index (κ2) is 10.0. The van der Waals surface area contributed by atoms with Crippen molar-refractivity contribution in [3.8, 4) is 5.75 Å². The molecule has 0 radical (unpaired) electrons. The highest BCUT2D eigenvalue weighted by Crippen LogP contribution is 2.31. The zero-order valence-corrected chi connectivity index (χ0v) is 17.2. The Kier molecular flexibility index (Phi) is 6.97. The van der Waals surface area contributed by atoms with E-state index < -0.39 is 0 Å². The molecule has 5 nitrogen and oxygen atoms in total. The molecule has 1 saturated heterocycles. The van der Waals surface area contributed by atoms with Crippen LogP contribution in [0.2, 0.25) is 0 Å². The lowest BCUT2D eigenvalue weighted by molar-refractivity contribution is -0.131. The number of ether oxygens (including phenoxy) is 2. The van der Waals surface area contributed by atoms with Gasteiger partial charge in [-0.1, -0.05) is 24.3 Å². The third-order valence-electron chi connectivity index (χ3n) is 5.92. The predicted octanol–water partition coefficient (Wildman–Crippen LogP) is 3.49. The first kappa shape index (κ1) is 20.8. The molecule has 2 unspecified atom stereocenters. The van der Waals surface area contributed by atoms with Gasteiger partial charge in [0.2, 0.25) is 5.91 Å². The SMILES string of the molecule is O=C1CCC(CCNCCOc2ccc(F)cc2)N1CC1OCCc2ccccc21. The Morgan fingerprint density at radius 1 is 1.10 bits per heavy atom. The van der Waals surface area contributed by atoms with Crippen molar-refractivity contribution in [3.05, 3.63) is 65.5 Å². The summed E-state index contributed by atoms with van der Waals surface area (Å²) in [7, 11) is 0. The van der Waals surface area contributed by atoms with Crippen LogP contribution in [-0.2, 0) is 16.0 Å².